The van der Waals surface area contributed by atoms with Crippen LogP contribution in [0.3, 0.4) is 0 Å². The fourth-order valence-corrected chi connectivity index (χ4v) is 5.02. The third-order valence-electron chi connectivity index (χ3n) is 4.35. The summed E-state index contributed by atoms with van der Waals surface area (Å²) >= 11 is 7.55. The Kier molecular flexibility index (Phi) is 5.92. The van der Waals surface area contributed by atoms with E-state index >= 15 is 0 Å². The van der Waals surface area contributed by atoms with E-state index < -0.39 is 29.7 Å². The van der Waals surface area contributed by atoms with E-state index in [9.17, 15) is 24.3 Å². The fraction of sp³-hybridized carbons (Fsp3) is 0.278. The van der Waals surface area contributed by atoms with Gasteiger partial charge in [0.2, 0.25) is 5.91 Å². The van der Waals surface area contributed by atoms with Gasteiger partial charge in [-0.2, -0.15) is 11.8 Å². The maximum atomic E-state index is 13.1. The minimum atomic E-state index is -1.40. The zero-order valence-corrected chi connectivity index (χ0v) is 17.4. The number of carboxylic acids is 1. The van der Waals surface area contributed by atoms with Crippen LogP contribution in [0.5, 0.6) is 0 Å². The molecular weight excluding hydrogens is 420 g/mol. The number of hydrogen-bond donors (Lipinski definition) is 0. The Labute approximate surface area is 175 Å². The summed E-state index contributed by atoms with van der Waals surface area (Å²) in [6.07, 6.45) is 1.99. The van der Waals surface area contributed by atoms with Gasteiger partial charge in [-0.1, -0.05) is 42.2 Å². The molecule has 0 unspecified atom stereocenters. The minimum absolute atomic E-state index is 0.0293. The van der Waals surface area contributed by atoms with E-state index in [-0.39, 0.29) is 21.2 Å². The second-order valence-corrected chi connectivity index (χ2v) is 8.67. The summed E-state index contributed by atoms with van der Waals surface area (Å²) in [4.78, 5) is 51.6. The average molecular weight is 436 g/mol. The first-order valence-electron chi connectivity index (χ1n) is 8.23. The zero-order valence-electron chi connectivity index (χ0n) is 15.0. The van der Waals surface area contributed by atoms with Gasteiger partial charge < -0.3 is 9.90 Å². The lowest BCUT2D eigenvalue weighted by Gasteiger charge is -2.27. The molecule has 0 saturated carbocycles. The second kappa shape index (κ2) is 8.06. The number of anilines is 1. The molecule has 1 fully saturated rings. The summed E-state index contributed by atoms with van der Waals surface area (Å²) in [5.74, 6) is -2.66. The average Bonchev–Trinajstić information content (AvgIpc) is 3.08. The number of nitrogens with zero attached hydrogens (tertiary/aromatic N) is 2. The van der Waals surface area contributed by atoms with Crippen molar-refractivity contribution in [2.24, 2.45) is 0 Å². The monoisotopic (exact) mass is 435 g/mol. The number of para-hydroxylation sites is 1. The van der Waals surface area contributed by atoms with Crippen molar-refractivity contribution in [3.05, 3.63) is 34.7 Å². The van der Waals surface area contributed by atoms with Crippen LogP contribution in [0.4, 0.5) is 5.69 Å². The molecule has 146 valence electrons. The standard InChI is InChI=1S/C18H16N2O5S3/c1-9(21)19-11-6-4-3-5-10(11)13(15(19)22)14-16(23)20(18(26)28-14)12(17(24)25)7-8-27-2/h3-6,12H,7-8H2,1-2H3,(H,24,25)/p-1/b14-13+/t12-/m1/s1. The molecule has 1 atom stereocenters. The predicted molar refractivity (Wildman–Crippen MR) is 110 cm³/mol. The Balaban J connectivity index is 2.09. The predicted octanol–water partition coefficient (Wildman–Crippen LogP) is 1.02. The van der Waals surface area contributed by atoms with Crippen LogP contribution in [0.1, 0.15) is 18.9 Å². The van der Waals surface area contributed by atoms with Gasteiger partial charge in [-0.05, 0) is 24.5 Å². The van der Waals surface area contributed by atoms with Crippen molar-refractivity contribution in [2.45, 2.75) is 19.4 Å². The zero-order chi connectivity index (χ0) is 20.6. The van der Waals surface area contributed by atoms with Crippen LogP contribution in [0.15, 0.2) is 29.2 Å². The summed E-state index contributed by atoms with van der Waals surface area (Å²) in [6.45, 7) is 1.26. The SMILES string of the molecule is CSCC[C@H](C(=O)[O-])N1C(=O)/C(=C2\C(=O)N(C(C)=O)c3ccccc32)SC1=S. The van der Waals surface area contributed by atoms with Crippen LogP contribution in [0.25, 0.3) is 5.57 Å². The molecule has 0 aliphatic carbocycles. The summed E-state index contributed by atoms with van der Waals surface area (Å²) in [5.41, 5.74) is 0.893. The summed E-state index contributed by atoms with van der Waals surface area (Å²) in [7, 11) is 0. The maximum absolute atomic E-state index is 13.1. The summed E-state index contributed by atoms with van der Waals surface area (Å²) < 4.78 is 0.0503. The number of benzene rings is 1. The Morgan fingerprint density at radius 3 is 2.54 bits per heavy atom. The van der Waals surface area contributed by atoms with E-state index in [1.54, 1.807) is 24.3 Å². The minimum Gasteiger partial charge on any atom is -0.548 e. The number of thioether (sulfide) groups is 2. The Morgan fingerprint density at radius 2 is 1.93 bits per heavy atom. The first-order valence-corrected chi connectivity index (χ1v) is 10.8. The lowest BCUT2D eigenvalue weighted by atomic mass is 10.1. The Hall–Kier alpha value is -2.17. The summed E-state index contributed by atoms with van der Waals surface area (Å²) in [6, 6.07) is 5.42. The van der Waals surface area contributed by atoms with Crippen LogP contribution >= 0.6 is 35.7 Å². The molecule has 1 aromatic carbocycles. The number of carbonyl (C=O) groups excluding carboxylic acids is 4. The topological polar surface area (TPSA) is 97.8 Å². The Morgan fingerprint density at radius 1 is 1.25 bits per heavy atom. The van der Waals surface area contributed by atoms with Crippen molar-refractivity contribution >= 4 is 75.0 Å². The van der Waals surface area contributed by atoms with Gasteiger partial charge in [0.1, 0.15) is 4.32 Å². The summed E-state index contributed by atoms with van der Waals surface area (Å²) in [5, 5.41) is 11.6. The third kappa shape index (κ3) is 3.36. The van der Waals surface area contributed by atoms with Crippen LogP contribution in [0, 0.1) is 0 Å². The number of amides is 3. The molecule has 0 radical (unpaired) electrons. The molecule has 0 bridgehead atoms. The molecule has 7 nitrogen and oxygen atoms in total. The van der Waals surface area contributed by atoms with Gasteiger partial charge in [-0.25, -0.2) is 4.90 Å². The molecule has 1 aromatic rings. The van der Waals surface area contributed by atoms with Crippen LogP contribution in [-0.4, -0.2) is 51.0 Å². The van der Waals surface area contributed by atoms with E-state index in [0.29, 0.717) is 17.0 Å². The molecule has 0 spiro atoms. The lowest BCUT2D eigenvalue weighted by Crippen LogP contribution is -2.50. The van der Waals surface area contributed by atoms with Crippen molar-refractivity contribution in [3.63, 3.8) is 0 Å². The van der Waals surface area contributed by atoms with Gasteiger partial charge in [0.15, 0.2) is 0 Å². The first-order chi connectivity index (χ1) is 13.3. The normalized spacial score (nSPS) is 20.0. The van der Waals surface area contributed by atoms with Gasteiger partial charge >= 0.3 is 0 Å². The van der Waals surface area contributed by atoms with Crippen molar-refractivity contribution in [1.29, 1.82) is 0 Å². The van der Waals surface area contributed by atoms with Crippen LogP contribution < -0.4 is 10.0 Å². The Bertz CT molecular complexity index is 943. The van der Waals surface area contributed by atoms with Crippen LogP contribution in [0.2, 0.25) is 0 Å². The molecule has 2 aliphatic heterocycles. The number of aliphatic carboxylic acids is 1. The molecule has 3 amide bonds. The molecule has 3 rings (SSSR count). The van der Waals surface area contributed by atoms with Gasteiger partial charge in [-0.15, -0.1) is 0 Å². The number of imide groups is 1. The molecule has 2 heterocycles. The smallest absolute Gasteiger partial charge is 0.267 e. The van der Waals surface area contributed by atoms with Gasteiger partial charge in [0, 0.05) is 12.5 Å². The molecule has 1 saturated heterocycles. The van der Waals surface area contributed by atoms with E-state index in [0.717, 1.165) is 21.6 Å². The van der Waals surface area contributed by atoms with E-state index in [1.165, 1.54) is 18.7 Å². The lowest BCUT2D eigenvalue weighted by molar-refractivity contribution is -0.310. The van der Waals surface area contributed by atoms with Gasteiger partial charge in [0.25, 0.3) is 11.8 Å². The number of carbonyl (C=O) groups is 4. The molecule has 0 aromatic heterocycles. The molecule has 28 heavy (non-hydrogen) atoms. The third-order valence-corrected chi connectivity index (χ3v) is 6.40. The van der Waals surface area contributed by atoms with Crippen molar-refractivity contribution in [3.8, 4) is 0 Å². The number of hydrogen-bond acceptors (Lipinski definition) is 8. The number of rotatable bonds is 5. The quantitative estimate of drug-likeness (QED) is 0.500. The molecule has 0 N–H and O–H groups in total. The number of thiocarbonyl (C=S) groups is 1. The van der Waals surface area contributed by atoms with E-state index in [1.807, 2.05) is 6.26 Å². The number of fused-ring (bicyclic) bond motifs is 1. The highest BCUT2D eigenvalue weighted by molar-refractivity contribution is 8.26. The highest BCUT2D eigenvalue weighted by Crippen LogP contribution is 2.45. The van der Waals surface area contributed by atoms with Crippen molar-refractivity contribution in [2.75, 3.05) is 16.9 Å². The second-order valence-electron chi connectivity index (χ2n) is 6.04. The number of carboxylic acid groups (broad SMARTS) is 1. The van der Waals surface area contributed by atoms with Crippen molar-refractivity contribution < 1.29 is 24.3 Å². The van der Waals surface area contributed by atoms with Gasteiger partial charge in [0.05, 0.1) is 28.2 Å². The van der Waals surface area contributed by atoms with Crippen molar-refractivity contribution in [1.82, 2.24) is 4.90 Å². The molecule has 10 heteroatoms. The largest absolute Gasteiger partial charge is 0.548 e. The first kappa shape index (κ1) is 20.6. The highest BCUT2D eigenvalue weighted by Gasteiger charge is 2.45. The molecular formula is C18H15N2O5S3-. The fourth-order valence-electron chi connectivity index (χ4n) is 3.13. The highest BCUT2D eigenvalue weighted by atomic mass is 32.2. The van der Waals surface area contributed by atoms with Crippen LogP contribution in [-0.2, 0) is 19.2 Å². The van der Waals surface area contributed by atoms with E-state index in [4.69, 9.17) is 12.2 Å². The van der Waals surface area contributed by atoms with Gasteiger partial charge in [-0.3, -0.25) is 19.3 Å². The molecule has 2 aliphatic rings. The maximum Gasteiger partial charge on any atom is 0.267 e. The van der Waals surface area contributed by atoms with E-state index in [2.05, 4.69) is 0 Å².